The topological polar surface area (TPSA) is 55.2 Å². The lowest BCUT2D eigenvalue weighted by atomic mass is 10.3. The minimum atomic E-state index is 0.0789. The number of carbonyl (C=O) groups is 2. The number of aromatic nitrogens is 2. The number of nitrogens with zero attached hydrogens (tertiary/aromatic N) is 3. The van der Waals surface area contributed by atoms with E-state index in [9.17, 15) is 9.59 Å². The lowest BCUT2D eigenvalue weighted by Gasteiger charge is -2.16. The number of benzene rings is 1. The third-order valence-corrected chi connectivity index (χ3v) is 4.63. The van der Waals surface area contributed by atoms with Crippen LogP contribution in [0.2, 0.25) is 0 Å². The molecule has 0 aliphatic carbocycles. The summed E-state index contributed by atoms with van der Waals surface area (Å²) >= 11 is 1.27. The predicted octanol–water partition coefficient (Wildman–Crippen LogP) is 1.92. The molecule has 2 heterocycles. The molecule has 1 atom stereocenters. The fraction of sp³-hybridized carbons (Fsp3) is 0.400. The van der Waals surface area contributed by atoms with E-state index < -0.39 is 0 Å². The monoisotopic (exact) mass is 303 g/mol. The van der Waals surface area contributed by atoms with Gasteiger partial charge in [-0.15, -0.1) is 0 Å². The van der Waals surface area contributed by atoms with Crippen LogP contribution in [0.25, 0.3) is 11.0 Å². The molecule has 1 aromatic heterocycles. The van der Waals surface area contributed by atoms with E-state index in [1.807, 2.05) is 35.5 Å². The normalized spacial score (nSPS) is 18.6. The van der Waals surface area contributed by atoms with Crippen molar-refractivity contribution < 1.29 is 9.59 Å². The average Bonchev–Trinajstić information content (AvgIpc) is 3.00. The maximum absolute atomic E-state index is 12.0. The Kier molecular flexibility index (Phi) is 3.96. The summed E-state index contributed by atoms with van der Waals surface area (Å²) in [5.41, 5.74) is 2.05. The highest BCUT2D eigenvalue weighted by atomic mass is 32.2. The highest BCUT2D eigenvalue weighted by Crippen LogP contribution is 2.24. The molecule has 3 rings (SSSR count). The van der Waals surface area contributed by atoms with Crippen molar-refractivity contribution in [1.29, 1.82) is 0 Å². The van der Waals surface area contributed by atoms with Crippen LogP contribution in [-0.2, 0) is 16.1 Å². The number of rotatable bonds is 4. The van der Waals surface area contributed by atoms with Crippen molar-refractivity contribution in [3.8, 4) is 0 Å². The summed E-state index contributed by atoms with van der Waals surface area (Å²) < 4.78 is 2.06. The quantitative estimate of drug-likeness (QED) is 0.866. The number of imidazole rings is 1. The fourth-order valence-corrected chi connectivity index (χ4v) is 3.63. The molecule has 0 saturated carbocycles. The second-order valence-corrected chi connectivity index (χ2v) is 6.68. The highest BCUT2D eigenvalue weighted by Gasteiger charge is 2.30. The fourth-order valence-electron chi connectivity index (χ4n) is 2.68. The Morgan fingerprint density at radius 2 is 2.19 bits per heavy atom. The van der Waals surface area contributed by atoms with Crippen molar-refractivity contribution >= 4 is 33.8 Å². The predicted molar refractivity (Wildman–Crippen MR) is 83.0 cm³/mol. The van der Waals surface area contributed by atoms with Crippen LogP contribution >= 0.6 is 11.8 Å². The maximum atomic E-state index is 12.0. The molecule has 5 nitrogen and oxygen atoms in total. The molecule has 0 N–H and O–H groups in total. The number of carbonyl (C=O) groups excluding carboxylic acids is 2. The summed E-state index contributed by atoms with van der Waals surface area (Å²) in [4.78, 5) is 29.3. The van der Waals surface area contributed by atoms with Crippen LogP contribution in [0.1, 0.15) is 13.3 Å². The van der Waals surface area contributed by atoms with Crippen molar-refractivity contribution in [1.82, 2.24) is 14.5 Å². The molecule has 21 heavy (non-hydrogen) atoms. The van der Waals surface area contributed by atoms with Gasteiger partial charge in [-0.1, -0.05) is 23.9 Å². The van der Waals surface area contributed by atoms with Crippen LogP contribution in [0.5, 0.6) is 0 Å². The number of hydrogen-bond donors (Lipinski definition) is 0. The summed E-state index contributed by atoms with van der Waals surface area (Å²) in [6.45, 7) is 3.60. The molecular weight excluding hydrogens is 286 g/mol. The lowest BCUT2D eigenvalue weighted by molar-refractivity contribution is -0.127. The van der Waals surface area contributed by atoms with E-state index >= 15 is 0 Å². The van der Waals surface area contributed by atoms with Crippen LogP contribution in [0.15, 0.2) is 30.6 Å². The molecule has 1 aromatic carbocycles. The Balaban J connectivity index is 1.63. The summed E-state index contributed by atoms with van der Waals surface area (Å²) in [5.74, 6) is 0.137. The molecule has 1 aliphatic heterocycles. The Bertz CT molecular complexity index is 682. The third-order valence-electron chi connectivity index (χ3n) is 3.65. The van der Waals surface area contributed by atoms with Gasteiger partial charge in [-0.3, -0.25) is 9.59 Å². The third kappa shape index (κ3) is 3.10. The molecule has 1 amide bonds. The van der Waals surface area contributed by atoms with Gasteiger partial charge in [-0.25, -0.2) is 4.98 Å². The molecule has 0 bridgehead atoms. The SMILES string of the molecule is CC(=O)SC1CC(=O)N(CCn2cnc3ccccc32)C1. The summed E-state index contributed by atoms with van der Waals surface area (Å²) in [5, 5.41) is 0.185. The first-order valence-corrected chi connectivity index (χ1v) is 7.86. The second-order valence-electron chi connectivity index (χ2n) is 5.20. The molecule has 1 aliphatic rings. The molecule has 6 heteroatoms. The smallest absolute Gasteiger partial charge is 0.223 e. The van der Waals surface area contributed by atoms with Gasteiger partial charge in [0, 0.05) is 38.2 Å². The molecule has 1 saturated heterocycles. The number of para-hydroxylation sites is 2. The van der Waals surface area contributed by atoms with Crippen LogP contribution in [0.3, 0.4) is 0 Å². The molecule has 1 unspecified atom stereocenters. The van der Waals surface area contributed by atoms with E-state index in [4.69, 9.17) is 0 Å². The number of likely N-dealkylation sites (tertiary alicyclic amines) is 1. The van der Waals surface area contributed by atoms with Crippen molar-refractivity contribution in [2.24, 2.45) is 0 Å². The van der Waals surface area contributed by atoms with Crippen molar-refractivity contribution in [2.45, 2.75) is 25.1 Å². The van der Waals surface area contributed by atoms with E-state index in [1.165, 1.54) is 11.8 Å². The number of thioether (sulfide) groups is 1. The minimum Gasteiger partial charge on any atom is -0.340 e. The molecule has 1 fully saturated rings. The van der Waals surface area contributed by atoms with E-state index in [0.29, 0.717) is 19.5 Å². The lowest BCUT2D eigenvalue weighted by Crippen LogP contribution is -2.29. The molecule has 0 spiro atoms. The van der Waals surface area contributed by atoms with Crippen molar-refractivity contribution in [3.63, 3.8) is 0 Å². The van der Waals surface area contributed by atoms with Crippen LogP contribution < -0.4 is 0 Å². The van der Waals surface area contributed by atoms with Gasteiger partial charge in [-0.05, 0) is 12.1 Å². The Labute approximate surface area is 127 Å². The van der Waals surface area contributed by atoms with E-state index in [-0.39, 0.29) is 16.3 Å². The Morgan fingerprint density at radius 3 is 3.00 bits per heavy atom. The zero-order valence-corrected chi connectivity index (χ0v) is 12.7. The molecule has 2 aromatic rings. The summed E-state index contributed by atoms with van der Waals surface area (Å²) in [7, 11) is 0. The number of hydrogen-bond acceptors (Lipinski definition) is 4. The van der Waals surface area contributed by atoms with Gasteiger partial charge in [0.05, 0.1) is 17.4 Å². The van der Waals surface area contributed by atoms with Gasteiger partial charge >= 0.3 is 0 Å². The minimum absolute atomic E-state index is 0.0789. The Hall–Kier alpha value is -1.82. The van der Waals surface area contributed by atoms with Gasteiger partial charge in [-0.2, -0.15) is 0 Å². The molecule has 110 valence electrons. The summed E-state index contributed by atoms with van der Waals surface area (Å²) in [6.07, 6.45) is 2.28. The van der Waals surface area contributed by atoms with Crippen molar-refractivity contribution in [2.75, 3.05) is 13.1 Å². The van der Waals surface area contributed by atoms with Crippen molar-refractivity contribution in [3.05, 3.63) is 30.6 Å². The van der Waals surface area contributed by atoms with Gasteiger partial charge in [0.2, 0.25) is 5.91 Å². The first-order valence-electron chi connectivity index (χ1n) is 6.98. The number of fused-ring (bicyclic) bond motifs is 1. The summed E-state index contributed by atoms with van der Waals surface area (Å²) in [6, 6.07) is 7.96. The van der Waals surface area contributed by atoms with E-state index in [1.54, 1.807) is 6.92 Å². The first kappa shape index (κ1) is 14.1. The van der Waals surface area contributed by atoms with Gasteiger partial charge < -0.3 is 9.47 Å². The molecular formula is C15H17N3O2S. The Morgan fingerprint density at radius 1 is 1.38 bits per heavy atom. The standard InChI is InChI=1S/C15H17N3O2S/c1-11(19)21-12-8-15(20)17(9-12)6-7-18-10-16-13-4-2-3-5-14(13)18/h2-5,10,12H,6-9H2,1H3. The van der Waals surface area contributed by atoms with Gasteiger partial charge in [0.1, 0.15) is 0 Å². The molecule has 0 radical (unpaired) electrons. The zero-order chi connectivity index (χ0) is 14.8. The van der Waals surface area contributed by atoms with E-state index in [0.717, 1.165) is 17.6 Å². The van der Waals surface area contributed by atoms with Crippen LogP contribution in [-0.4, -0.2) is 43.8 Å². The van der Waals surface area contributed by atoms with Crippen LogP contribution in [0.4, 0.5) is 0 Å². The van der Waals surface area contributed by atoms with E-state index in [2.05, 4.69) is 9.55 Å². The highest BCUT2D eigenvalue weighted by molar-refractivity contribution is 8.14. The average molecular weight is 303 g/mol. The van der Waals surface area contributed by atoms with Gasteiger partial charge in [0.25, 0.3) is 0 Å². The van der Waals surface area contributed by atoms with Gasteiger partial charge in [0.15, 0.2) is 5.12 Å². The second kappa shape index (κ2) is 5.89. The number of amides is 1. The first-order chi connectivity index (χ1) is 10.1. The van der Waals surface area contributed by atoms with Crippen LogP contribution in [0, 0.1) is 0 Å². The zero-order valence-electron chi connectivity index (χ0n) is 11.9. The maximum Gasteiger partial charge on any atom is 0.223 e. The largest absolute Gasteiger partial charge is 0.340 e.